The molecule has 1 aliphatic heterocycles. The average molecular weight is 322 g/mol. The summed E-state index contributed by atoms with van der Waals surface area (Å²) in [6, 6.07) is 8.76. The highest BCUT2D eigenvalue weighted by Crippen LogP contribution is 2.25. The fraction of sp³-hybridized carbons (Fsp3) is 0.533. The Morgan fingerprint density at radius 1 is 1.53 bits per heavy atom. The van der Waals surface area contributed by atoms with Crippen molar-refractivity contribution in [1.82, 2.24) is 4.90 Å². The smallest absolute Gasteiger partial charge is 0.100 e. The number of likely N-dealkylation sites (tertiary alicyclic amines) is 1. The maximum Gasteiger partial charge on any atom is 0.100 e. The summed E-state index contributed by atoms with van der Waals surface area (Å²) in [7, 11) is 2.12. The molecule has 1 unspecified atom stereocenters. The minimum atomic E-state index is 0.657. The zero-order chi connectivity index (χ0) is 13.8. The van der Waals surface area contributed by atoms with Crippen molar-refractivity contribution in [3.63, 3.8) is 0 Å². The van der Waals surface area contributed by atoms with Gasteiger partial charge in [0.1, 0.15) is 6.07 Å². The number of rotatable bonds is 4. The van der Waals surface area contributed by atoms with Gasteiger partial charge in [0, 0.05) is 29.8 Å². The van der Waals surface area contributed by atoms with E-state index >= 15 is 0 Å². The van der Waals surface area contributed by atoms with Crippen LogP contribution in [0, 0.1) is 11.3 Å². The first-order valence-corrected chi connectivity index (χ1v) is 7.59. The molecule has 1 atom stereocenters. The third kappa shape index (κ3) is 3.29. The van der Waals surface area contributed by atoms with Crippen LogP contribution in [0.5, 0.6) is 0 Å². The lowest BCUT2D eigenvalue weighted by atomic mass is 10.1. The number of likely N-dealkylation sites (N-methyl/N-ethyl adjacent to an activating group) is 2. The summed E-state index contributed by atoms with van der Waals surface area (Å²) >= 11 is 3.45. The third-order valence-electron chi connectivity index (χ3n) is 3.90. The van der Waals surface area contributed by atoms with Gasteiger partial charge in [0.05, 0.1) is 5.56 Å². The molecule has 0 N–H and O–H groups in total. The number of benzene rings is 1. The van der Waals surface area contributed by atoms with Crippen molar-refractivity contribution >= 4 is 21.6 Å². The van der Waals surface area contributed by atoms with Crippen LogP contribution < -0.4 is 4.90 Å². The molecule has 0 bridgehead atoms. The third-order valence-corrected chi connectivity index (χ3v) is 4.56. The molecule has 0 aromatic heterocycles. The lowest BCUT2D eigenvalue weighted by molar-refractivity contribution is 0.270. The molecule has 0 spiro atoms. The Hall–Kier alpha value is -1.05. The zero-order valence-electron chi connectivity index (χ0n) is 11.6. The molecule has 0 radical (unpaired) electrons. The Morgan fingerprint density at radius 2 is 2.32 bits per heavy atom. The molecule has 102 valence electrons. The summed E-state index contributed by atoms with van der Waals surface area (Å²) in [5.74, 6) is 0. The van der Waals surface area contributed by atoms with Crippen molar-refractivity contribution in [3.05, 3.63) is 28.2 Å². The molecule has 1 aliphatic rings. The molecule has 3 nitrogen and oxygen atoms in total. The molecule has 1 aromatic rings. The highest BCUT2D eigenvalue weighted by molar-refractivity contribution is 9.10. The lowest BCUT2D eigenvalue weighted by Crippen LogP contribution is -2.38. The van der Waals surface area contributed by atoms with Gasteiger partial charge in [-0.1, -0.05) is 6.92 Å². The SMILES string of the molecule is CCN1CCCC1CN(C)c1ccc(C#N)c(Br)c1. The van der Waals surface area contributed by atoms with Crippen molar-refractivity contribution in [3.8, 4) is 6.07 Å². The molecule has 1 fully saturated rings. The van der Waals surface area contributed by atoms with Gasteiger partial charge in [-0.2, -0.15) is 5.26 Å². The molecule has 19 heavy (non-hydrogen) atoms. The summed E-state index contributed by atoms with van der Waals surface area (Å²) < 4.78 is 0.873. The topological polar surface area (TPSA) is 30.3 Å². The molecule has 2 rings (SSSR count). The van der Waals surface area contributed by atoms with Crippen LogP contribution in [0.25, 0.3) is 0 Å². The van der Waals surface area contributed by atoms with Crippen LogP contribution in [0.4, 0.5) is 5.69 Å². The Balaban J connectivity index is 2.06. The second-order valence-corrected chi connectivity index (χ2v) is 5.94. The summed E-state index contributed by atoms with van der Waals surface area (Å²) in [5, 5.41) is 8.94. The minimum absolute atomic E-state index is 0.657. The van der Waals surface area contributed by atoms with E-state index in [9.17, 15) is 0 Å². The van der Waals surface area contributed by atoms with Crippen LogP contribution in [-0.4, -0.2) is 37.6 Å². The molecule has 0 aliphatic carbocycles. The predicted octanol–water partition coefficient (Wildman–Crippen LogP) is 3.24. The molecule has 1 heterocycles. The van der Waals surface area contributed by atoms with Crippen LogP contribution in [-0.2, 0) is 0 Å². The Bertz CT molecular complexity index is 481. The zero-order valence-corrected chi connectivity index (χ0v) is 13.2. The number of hydrogen-bond acceptors (Lipinski definition) is 3. The van der Waals surface area contributed by atoms with E-state index in [0.717, 1.165) is 23.2 Å². The van der Waals surface area contributed by atoms with Gasteiger partial charge >= 0.3 is 0 Å². The van der Waals surface area contributed by atoms with Crippen molar-refractivity contribution < 1.29 is 0 Å². The fourth-order valence-electron chi connectivity index (χ4n) is 2.77. The van der Waals surface area contributed by atoms with Gasteiger partial charge in [-0.3, -0.25) is 4.90 Å². The normalized spacial score (nSPS) is 19.4. The van der Waals surface area contributed by atoms with Crippen molar-refractivity contribution in [2.24, 2.45) is 0 Å². The molecule has 0 amide bonds. The minimum Gasteiger partial charge on any atom is -0.373 e. The van der Waals surface area contributed by atoms with Crippen molar-refractivity contribution in [1.29, 1.82) is 5.26 Å². The van der Waals surface area contributed by atoms with Gasteiger partial charge in [0.2, 0.25) is 0 Å². The highest BCUT2D eigenvalue weighted by atomic mass is 79.9. The van der Waals surface area contributed by atoms with Gasteiger partial charge in [0.25, 0.3) is 0 Å². The van der Waals surface area contributed by atoms with E-state index in [2.05, 4.69) is 45.8 Å². The van der Waals surface area contributed by atoms with E-state index < -0.39 is 0 Å². The maximum absolute atomic E-state index is 8.94. The van der Waals surface area contributed by atoms with Gasteiger partial charge < -0.3 is 4.90 Å². The fourth-order valence-corrected chi connectivity index (χ4v) is 3.23. The second kappa shape index (κ2) is 6.40. The van der Waals surface area contributed by atoms with Gasteiger partial charge in [0.15, 0.2) is 0 Å². The first-order chi connectivity index (χ1) is 9.15. The number of halogens is 1. The molecule has 4 heteroatoms. The quantitative estimate of drug-likeness (QED) is 0.852. The van der Waals surface area contributed by atoms with E-state index in [0.29, 0.717) is 11.6 Å². The number of nitrogens with zero attached hydrogens (tertiary/aromatic N) is 3. The van der Waals surface area contributed by atoms with E-state index in [1.54, 1.807) is 0 Å². The monoisotopic (exact) mass is 321 g/mol. The summed E-state index contributed by atoms with van der Waals surface area (Å²) in [5.41, 5.74) is 1.85. The van der Waals surface area contributed by atoms with Crippen LogP contribution in [0.2, 0.25) is 0 Å². The van der Waals surface area contributed by atoms with Crippen molar-refractivity contribution in [2.45, 2.75) is 25.8 Å². The average Bonchev–Trinajstić information content (AvgIpc) is 2.85. The number of nitriles is 1. The molecular formula is C15H20BrN3. The first-order valence-electron chi connectivity index (χ1n) is 6.80. The van der Waals surface area contributed by atoms with Crippen LogP contribution in [0.1, 0.15) is 25.3 Å². The second-order valence-electron chi connectivity index (χ2n) is 5.08. The van der Waals surface area contributed by atoms with E-state index in [1.807, 2.05) is 18.2 Å². The molecule has 1 saturated heterocycles. The molecule has 0 saturated carbocycles. The standard InChI is InChI=1S/C15H20BrN3/c1-3-19-8-4-5-14(19)11-18(2)13-7-6-12(10-17)15(16)9-13/h6-7,9,14H,3-5,8,11H2,1-2H3. The van der Waals surface area contributed by atoms with Crippen LogP contribution >= 0.6 is 15.9 Å². The largest absolute Gasteiger partial charge is 0.373 e. The van der Waals surface area contributed by atoms with Gasteiger partial charge in [-0.15, -0.1) is 0 Å². The van der Waals surface area contributed by atoms with Crippen LogP contribution in [0.15, 0.2) is 22.7 Å². The van der Waals surface area contributed by atoms with Crippen LogP contribution in [0.3, 0.4) is 0 Å². The maximum atomic E-state index is 8.94. The lowest BCUT2D eigenvalue weighted by Gasteiger charge is -2.29. The predicted molar refractivity (Wildman–Crippen MR) is 82.4 cm³/mol. The number of hydrogen-bond donors (Lipinski definition) is 0. The Morgan fingerprint density at radius 3 is 2.95 bits per heavy atom. The summed E-state index contributed by atoms with van der Waals surface area (Å²) in [6.07, 6.45) is 2.60. The Labute approximate surface area is 123 Å². The van der Waals surface area contributed by atoms with Crippen molar-refractivity contribution in [2.75, 3.05) is 31.6 Å². The first kappa shape index (κ1) is 14.4. The molecular weight excluding hydrogens is 302 g/mol. The Kier molecular flexibility index (Phi) is 4.84. The van der Waals surface area contributed by atoms with E-state index in [1.165, 1.54) is 19.4 Å². The molecule has 1 aromatic carbocycles. The highest BCUT2D eigenvalue weighted by Gasteiger charge is 2.24. The summed E-state index contributed by atoms with van der Waals surface area (Å²) in [4.78, 5) is 4.83. The number of anilines is 1. The van der Waals surface area contributed by atoms with E-state index in [-0.39, 0.29) is 0 Å². The van der Waals surface area contributed by atoms with E-state index in [4.69, 9.17) is 5.26 Å². The summed E-state index contributed by atoms with van der Waals surface area (Å²) in [6.45, 7) is 5.64. The van der Waals surface area contributed by atoms with Gasteiger partial charge in [-0.05, 0) is 60.1 Å². The van der Waals surface area contributed by atoms with Gasteiger partial charge in [-0.25, -0.2) is 0 Å².